The SMILES string of the molecule is FC1CCN(Cc2noc3ccccc23)C1. The fourth-order valence-corrected chi connectivity index (χ4v) is 2.19. The Morgan fingerprint density at radius 3 is 3.12 bits per heavy atom. The third-order valence-corrected chi connectivity index (χ3v) is 3.04. The first-order valence-corrected chi connectivity index (χ1v) is 5.52. The van der Waals surface area contributed by atoms with Crippen LogP contribution in [0.3, 0.4) is 0 Å². The number of nitrogens with zero attached hydrogens (tertiary/aromatic N) is 2. The number of hydrogen-bond donors (Lipinski definition) is 0. The molecule has 2 heterocycles. The van der Waals surface area contributed by atoms with Gasteiger partial charge in [-0.3, -0.25) is 4.90 Å². The van der Waals surface area contributed by atoms with Crippen LogP contribution in [-0.4, -0.2) is 29.3 Å². The topological polar surface area (TPSA) is 29.3 Å². The van der Waals surface area contributed by atoms with E-state index in [4.69, 9.17) is 4.52 Å². The molecule has 0 amide bonds. The highest BCUT2D eigenvalue weighted by Gasteiger charge is 2.23. The lowest BCUT2D eigenvalue weighted by Crippen LogP contribution is -2.20. The van der Waals surface area contributed by atoms with Crippen molar-refractivity contribution in [2.75, 3.05) is 13.1 Å². The van der Waals surface area contributed by atoms with Crippen LogP contribution in [0.2, 0.25) is 0 Å². The zero-order valence-electron chi connectivity index (χ0n) is 8.90. The maximum absolute atomic E-state index is 13.0. The number of para-hydroxylation sites is 1. The van der Waals surface area contributed by atoms with Crippen LogP contribution >= 0.6 is 0 Å². The van der Waals surface area contributed by atoms with Gasteiger partial charge in [0, 0.05) is 25.0 Å². The number of fused-ring (bicyclic) bond motifs is 1. The summed E-state index contributed by atoms with van der Waals surface area (Å²) in [5, 5.41) is 5.08. The molecule has 4 heteroatoms. The summed E-state index contributed by atoms with van der Waals surface area (Å²) in [7, 11) is 0. The molecule has 3 nitrogen and oxygen atoms in total. The van der Waals surface area contributed by atoms with E-state index in [1.165, 1.54) is 0 Å². The number of likely N-dealkylation sites (tertiary alicyclic amines) is 1. The van der Waals surface area contributed by atoms with Crippen LogP contribution < -0.4 is 0 Å². The molecule has 1 unspecified atom stereocenters. The predicted molar refractivity (Wildman–Crippen MR) is 58.8 cm³/mol. The monoisotopic (exact) mass is 220 g/mol. The van der Waals surface area contributed by atoms with Gasteiger partial charge in [0.1, 0.15) is 11.9 Å². The van der Waals surface area contributed by atoms with Crippen molar-refractivity contribution in [1.29, 1.82) is 0 Å². The van der Waals surface area contributed by atoms with Crippen molar-refractivity contribution in [3.05, 3.63) is 30.0 Å². The highest BCUT2D eigenvalue weighted by atomic mass is 19.1. The van der Waals surface area contributed by atoms with E-state index < -0.39 is 6.17 Å². The molecule has 0 bridgehead atoms. The molecule has 1 atom stereocenters. The van der Waals surface area contributed by atoms with Gasteiger partial charge in [-0.05, 0) is 18.6 Å². The maximum Gasteiger partial charge on any atom is 0.167 e. The van der Waals surface area contributed by atoms with E-state index in [1.54, 1.807) is 0 Å². The zero-order chi connectivity index (χ0) is 11.0. The van der Waals surface area contributed by atoms with Gasteiger partial charge in [-0.15, -0.1) is 0 Å². The zero-order valence-corrected chi connectivity index (χ0v) is 8.90. The minimum Gasteiger partial charge on any atom is -0.356 e. The molecular weight excluding hydrogens is 207 g/mol. The quantitative estimate of drug-likeness (QED) is 0.778. The van der Waals surface area contributed by atoms with E-state index in [0.29, 0.717) is 19.5 Å². The van der Waals surface area contributed by atoms with Crippen LogP contribution in [0.15, 0.2) is 28.8 Å². The molecule has 0 aliphatic carbocycles. The molecule has 1 aliphatic heterocycles. The molecule has 0 radical (unpaired) electrons. The third-order valence-electron chi connectivity index (χ3n) is 3.04. The van der Waals surface area contributed by atoms with E-state index in [2.05, 4.69) is 10.1 Å². The van der Waals surface area contributed by atoms with E-state index >= 15 is 0 Å². The number of hydrogen-bond acceptors (Lipinski definition) is 3. The van der Waals surface area contributed by atoms with Crippen molar-refractivity contribution in [2.45, 2.75) is 19.1 Å². The average Bonchev–Trinajstić information content (AvgIpc) is 2.87. The Morgan fingerprint density at radius 2 is 2.31 bits per heavy atom. The number of benzene rings is 1. The molecule has 1 aromatic carbocycles. The molecule has 1 saturated heterocycles. The Kier molecular flexibility index (Phi) is 2.36. The molecule has 0 N–H and O–H groups in total. The van der Waals surface area contributed by atoms with Crippen LogP contribution in [0, 0.1) is 0 Å². The van der Waals surface area contributed by atoms with Gasteiger partial charge in [-0.1, -0.05) is 17.3 Å². The lowest BCUT2D eigenvalue weighted by molar-refractivity contribution is 0.276. The molecule has 0 spiro atoms. The number of aromatic nitrogens is 1. The van der Waals surface area contributed by atoms with Gasteiger partial charge < -0.3 is 4.52 Å². The Labute approximate surface area is 92.8 Å². The minimum absolute atomic E-state index is 0.515. The van der Waals surface area contributed by atoms with Gasteiger partial charge in [0.05, 0.1) is 0 Å². The van der Waals surface area contributed by atoms with E-state index in [-0.39, 0.29) is 0 Å². The highest BCUT2D eigenvalue weighted by Crippen LogP contribution is 2.21. The second-order valence-electron chi connectivity index (χ2n) is 4.25. The second kappa shape index (κ2) is 3.87. The third kappa shape index (κ3) is 1.69. The summed E-state index contributed by atoms with van der Waals surface area (Å²) < 4.78 is 18.2. The van der Waals surface area contributed by atoms with Crippen molar-refractivity contribution >= 4 is 11.0 Å². The van der Waals surface area contributed by atoms with E-state index in [0.717, 1.165) is 23.2 Å². The van der Waals surface area contributed by atoms with E-state index in [9.17, 15) is 4.39 Å². The summed E-state index contributed by atoms with van der Waals surface area (Å²) in [5.41, 5.74) is 1.71. The summed E-state index contributed by atoms with van der Waals surface area (Å²) in [5.74, 6) is 0. The molecule has 1 aromatic heterocycles. The summed E-state index contributed by atoms with van der Waals surface area (Å²) in [6.07, 6.45) is -0.0475. The molecule has 1 aliphatic rings. The van der Waals surface area contributed by atoms with Crippen molar-refractivity contribution in [3.63, 3.8) is 0 Å². The van der Waals surface area contributed by atoms with Crippen molar-refractivity contribution in [1.82, 2.24) is 10.1 Å². The molecule has 2 aromatic rings. The summed E-state index contributed by atoms with van der Waals surface area (Å²) in [6, 6.07) is 7.77. The van der Waals surface area contributed by atoms with Gasteiger partial charge in [-0.2, -0.15) is 0 Å². The van der Waals surface area contributed by atoms with Gasteiger partial charge in [0.15, 0.2) is 5.58 Å². The first-order chi connectivity index (χ1) is 7.83. The average molecular weight is 220 g/mol. The lowest BCUT2D eigenvalue weighted by atomic mass is 10.2. The van der Waals surface area contributed by atoms with Crippen molar-refractivity contribution in [2.24, 2.45) is 0 Å². The van der Waals surface area contributed by atoms with Crippen LogP contribution in [-0.2, 0) is 6.54 Å². The smallest absolute Gasteiger partial charge is 0.167 e. The normalized spacial score (nSPS) is 21.9. The number of rotatable bonds is 2. The minimum atomic E-state index is -0.682. The van der Waals surface area contributed by atoms with Crippen molar-refractivity contribution in [3.8, 4) is 0 Å². The fourth-order valence-electron chi connectivity index (χ4n) is 2.19. The molecule has 16 heavy (non-hydrogen) atoms. The number of halogens is 1. The standard InChI is InChI=1S/C12H13FN2O/c13-9-5-6-15(7-9)8-11-10-3-1-2-4-12(10)16-14-11/h1-4,9H,5-8H2. The summed E-state index contributed by atoms with van der Waals surface area (Å²) >= 11 is 0. The Balaban J connectivity index is 1.84. The van der Waals surface area contributed by atoms with Gasteiger partial charge in [0.2, 0.25) is 0 Å². The van der Waals surface area contributed by atoms with Gasteiger partial charge in [-0.25, -0.2) is 4.39 Å². The summed E-state index contributed by atoms with van der Waals surface area (Å²) in [4.78, 5) is 2.08. The Bertz CT molecular complexity index is 496. The van der Waals surface area contributed by atoms with E-state index in [1.807, 2.05) is 24.3 Å². The first kappa shape index (κ1) is 9.78. The number of alkyl halides is 1. The second-order valence-corrected chi connectivity index (χ2v) is 4.25. The van der Waals surface area contributed by atoms with Crippen LogP contribution in [0.4, 0.5) is 4.39 Å². The fraction of sp³-hybridized carbons (Fsp3) is 0.417. The van der Waals surface area contributed by atoms with Crippen LogP contribution in [0.25, 0.3) is 11.0 Å². The highest BCUT2D eigenvalue weighted by molar-refractivity contribution is 5.79. The van der Waals surface area contributed by atoms with Crippen LogP contribution in [0.1, 0.15) is 12.1 Å². The maximum atomic E-state index is 13.0. The largest absolute Gasteiger partial charge is 0.356 e. The molecular formula is C12H13FN2O. The Morgan fingerprint density at radius 1 is 1.44 bits per heavy atom. The lowest BCUT2D eigenvalue weighted by Gasteiger charge is -2.11. The molecule has 84 valence electrons. The van der Waals surface area contributed by atoms with Gasteiger partial charge in [0.25, 0.3) is 0 Å². The Hall–Kier alpha value is -1.42. The molecule has 0 saturated carbocycles. The predicted octanol–water partition coefficient (Wildman–Crippen LogP) is 2.37. The summed E-state index contributed by atoms with van der Waals surface area (Å²) in [6.45, 7) is 2.00. The molecule has 1 fully saturated rings. The molecule has 3 rings (SSSR count). The van der Waals surface area contributed by atoms with Crippen LogP contribution in [0.5, 0.6) is 0 Å². The van der Waals surface area contributed by atoms with Gasteiger partial charge >= 0.3 is 0 Å². The first-order valence-electron chi connectivity index (χ1n) is 5.52. The van der Waals surface area contributed by atoms with Crippen molar-refractivity contribution < 1.29 is 8.91 Å².